The molecule has 2 aromatic heterocycles. The minimum atomic E-state index is -0.453. The van der Waals surface area contributed by atoms with Crippen LogP contribution in [0.15, 0.2) is 78.2 Å². The van der Waals surface area contributed by atoms with Crippen molar-refractivity contribution in [1.29, 1.82) is 0 Å². The molecule has 1 atom stereocenters. The Hall–Kier alpha value is -2.87. The normalized spacial score (nSPS) is 11.8. The highest BCUT2D eigenvalue weighted by molar-refractivity contribution is 8.00. The van der Waals surface area contributed by atoms with Gasteiger partial charge in [-0.05, 0) is 42.8 Å². The maximum absolute atomic E-state index is 12.8. The van der Waals surface area contributed by atoms with E-state index in [1.807, 2.05) is 54.0 Å². The first-order valence-corrected chi connectivity index (χ1v) is 11.4. The molecule has 2 heterocycles. The van der Waals surface area contributed by atoms with Crippen molar-refractivity contribution in [2.24, 2.45) is 0 Å². The van der Waals surface area contributed by atoms with Crippen LogP contribution in [0.2, 0.25) is 10.0 Å². The molecule has 0 saturated carbocycles. The predicted octanol–water partition coefficient (Wildman–Crippen LogP) is 5.81. The van der Waals surface area contributed by atoms with Gasteiger partial charge in [-0.3, -0.25) is 14.3 Å². The smallest absolute Gasteiger partial charge is 0.237 e. The van der Waals surface area contributed by atoms with Gasteiger partial charge in [0, 0.05) is 23.0 Å². The molecular weight excluding hydrogens is 465 g/mol. The van der Waals surface area contributed by atoms with Crippen molar-refractivity contribution in [3.05, 3.63) is 88.7 Å². The SMILES string of the molecule is C[C@@H](Sc1nnc(-c2cccnc2)n1Cc1ccccc1)C(=O)Nc1cc(Cl)ccc1Cl. The van der Waals surface area contributed by atoms with Crippen LogP contribution in [-0.2, 0) is 11.3 Å². The molecule has 1 amide bonds. The van der Waals surface area contributed by atoms with E-state index in [2.05, 4.69) is 20.5 Å². The van der Waals surface area contributed by atoms with Gasteiger partial charge in [-0.25, -0.2) is 0 Å². The number of benzene rings is 2. The molecule has 0 saturated heterocycles. The van der Waals surface area contributed by atoms with Crippen molar-refractivity contribution in [2.45, 2.75) is 23.9 Å². The van der Waals surface area contributed by atoms with Gasteiger partial charge in [-0.15, -0.1) is 10.2 Å². The van der Waals surface area contributed by atoms with E-state index >= 15 is 0 Å². The molecule has 0 aliphatic heterocycles. The minimum absolute atomic E-state index is 0.212. The fourth-order valence-electron chi connectivity index (χ4n) is 3.03. The largest absolute Gasteiger partial charge is 0.324 e. The Morgan fingerprint density at radius 1 is 1.09 bits per heavy atom. The van der Waals surface area contributed by atoms with E-state index < -0.39 is 5.25 Å². The number of nitrogens with one attached hydrogen (secondary N) is 1. The lowest BCUT2D eigenvalue weighted by Gasteiger charge is -2.14. The highest BCUT2D eigenvalue weighted by Crippen LogP contribution is 2.30. The van der Waals surface area contributed by atoms with Crippen LogP contribution in [0.1, 0.15) is 12.5 Å². The van der Waals surface area contributed by atoms with Crippen LogP contribution in [0.4, 0.5) is 5.69 Å². The summed E-state index contributed by atoms with van der Waals surface area (Å²) < 4.78 is 1.99. The van der Waals surface area contributed by atoms with Crippen LogP contribution in [0, 0.1) is 0 Å². The third kappa shape index (κ3) is 5.30. The maximum atomic E-state index is 12.8. The highest BCUT2D eigenvalue weighted by atomic mass is 35.5. The summed E-state index contributed by atoms with van der Waals surface area (Å²) in [5.74, 6) is 0.478. The lowest BCUT2D eigenvalue weighted by Crippen LogP contribution is -2.23. The Balaban J connectivity index is 1.59. The van der Waals surface area contributed by atoms with Gasteiger partial charge in [0.05, 0.1) is 22.5 Å². The molecule has 4 rings (SSSR count). The van der Waals surface area contributed by atoms with E-state index in [4.69, 9.17) is 23.2 Å². The minimum Gasteiger partial charge on any atom is -0.324 e. The second kappa shape index (κ2) is 10.2. The van der Waals surface area contributed by atoms with E-state index in [0.29, 0.717) is 33.3 Å². The fourth-order valence-corrected chi connectivity index (χ4v) is 4.22. The summed E-state index contributed by atoms with van der Waals surface area (Å²) in [5, 5.41) is 12.7. The van der Waals surface area contributed by atoms with Crippen molar-refractivity contribution >= 4 is 46.6 Å². The number of aromatic nitrogens is 4. The average Bonchev–Trinajstić information content (AvgIpc) is 3.19. The van der Waals surface area contributed by atoms with Gasteiger partial charge in [0.1, 0.15) is 0 Å². The standard InChI is InChI=1S/C23H19Cl2N5OS/c1-15(22(31)27-20-12-18(24)9-10-19(20)25)32-23-29-28-21(17-8-5-11-26-13-17)30(23)14-16-6-3-2-4-7-16/h2-13,15H,14H2,1H3,(H,27,31)/t15-/m1/s1. The summed E-state index contributed by atoms with van der Waals surface area (Å²) in [4.78, 5) is 17.0. The third-order valence-corrected chi connectivity index (χ3v) is 6.30. The van der Waals surface area contributed by atoms with Crippen molar-refractivity contribution in [2.75, 3.05) is 5.32 Å². The van der Waals surface area contributed by atoms with Gasteiger partial charge in [0.15, 0.2) is 11.0 Å². The number of rotatable bonds is 7. The predicted molar refractivity (Wildman–Crippen MR) is 129 cm³/mol. The molecule has 0 aliphatic carbocycles. The molecule has 9 heteroatoms. The van der Waals surface area contributed by atoms with E-state index in [-0.39, 0.29) is 5.91 Å². The quantitative estimate of drug-likeness (QED) is 0.335. The molecule has 6 nitrogen and oxygen atoms in total. The topological polar surface area (TPSA) is 72.7 Å². The number of halogens is 2. The Labute approximate surface area is 200 Å². The summed E-state index contributed by atoms with van der Waals surface area (Å²) in [6, 6.07) is 18.8. The monoisotopic (exact) mass is 483 g/mol. The van der Waals surface area contributed by atoms with Gasteiger partial charge in [-0.2, -0.15) is 0 Å². The Morgan fingerprint density at radius 2 is 1.91 bits per heavy atom. The number of anilines is 1. The van der Waals surface area contributed by atoms with Crippen LogP contribution in [0.5, 0.6) is 0 Å². The number of pyridine rings is 1. The number of hydrogen-bond acceptors (Lipinski definition) is 5. The molecule has 0 aliphatic rings. The van der Waals surface area contributed by atoms with Gasteiger partial charge < -0.3 is 5.32 Å². The van der Waals surface area contributed by atoms with E-state index in [1.54, 1.807) is 30.6 Å². The number of nitrogens with zero attached hydrogens (tertiary/aromatic N) is 4. The average molecular weight is 484 g/mol. The molecule has 0 unspecified atom stereocenters. The first-order chi connectivity index (χ1) is 15.5. The van der Waals surface area contributed by atoms with E-state index in [9.17, 15) is 4.79 Å². The highest BCUT2D eigenvalue weighted by Gasteiger charge is 2.22. The number of amides is 1. The van der Waals surface area contributed by atoms with Crippen LogP contribution in [0.3, 0.4) is 0 Å². The van der Waals surface area contributed by atoms with Crippen molar-refractivity contribution in [1.82, 2.24) is 19.7 Å². The molecule has 1 N–H and O–H groups in total. The molecule has 4 aromatic rings. The number of hydrogen-bond donors (Lipinski definition) is 1. The first-order valence-electron chi connectivity index (χ1n) is 9.81. The molecule has 0 spiro atoms. The fraction of sp³-hybridized carbons (Fsp3) is 0.130. The summed E-state index contributed by atoms with van der Waals surface area (Å²) >= 11 is 13.5. The van der Waals surface area contributed by atoms with E-state index in [0.717, 1.165) is 11.1 Å². The lowest BCUT2D eigenvalue weighted by atomic mass is 10.2. The number of carbonyl (C=O) groups is 1. The van der Waals surface area contributed by atoms with Crippen LogP contribution < -0.4 is 5.32 Å². The summed E-state index contributed by atoms with van der Waals surface area (Å²) in [6.45, 7) is 2.37. The van der Waals surface area contributed by atoms with Crippen LogP contribution in [0.25, 0.3) is 11.4 Å². The summed E-state index contributed by atoms with van der Waals surface area (Å²) in [5.41, 5.74) is 2.42. The van der Waals surface area contributed by atoms with Crippen molar-refractivity contribution in [3.8, 4) is 11.4 Å². The first kappa shape index (κ1) is 22.3. The van der Waals surface area contributed by atoms with Crippen LogP contribution >= 0.6 is 35.0 Å². The molecule has 0 fully saturated rings. The van der Waals surface area contributed by atoms with Crippen molar-refractivity contribution in [3.63, 3.8) is 0 Å². The Bertz CT molecular complexity index is 1220. The third-order valence-electron chi connectivity index (χ3n) is 4.66. The van der Waals surface area contributed by atoms with Gasteiger partial charge in [0.2, 0.25) is 5.91 Å². The number of carbonyl (C=O) groups excluding carboxylic acids is 1. The van der Waals surface area contributed by atoms with Crippen LogP contribution in [-0.4, -0.2) is 30.9 Å². The second-order valence-corrected chi connectivity index (χ2v) is 9.14. The zero-order chi connectivity index (χ0) is 22.5. The Morgan fingerprint density at radius 3 is 2.66 bits per heavy atom. The molecule has 162 valence electrons. The summed E-state index contributed by atoms with van der Waals surface area (Å²) in [6.07, 6.45) is 3.46. The van der Waals surface area contributed by atoms with Gasteiger partial charge >= 0.3 is 0 Å². The Kier molecular flexibility index (Phi) is 7.09. The lowest BCUT2D eigenvalue weighted by molar-refractivity contribution is -0.115. The van der Waals surface area contributed by atoms with Gasteiger partial charge in [0.25, 0.3) is 0 Å². The number of thioether (sulfide) groups is 1. The molecule has 32 heavy (non-hydrogen) atoms. The molecular formula is C23H19Cl2N5OS. The zero-order valence-electron chi connectivity index (χ0n) is 17.1. The van der Waals surface area contributed by atoms with E-state index in [1.165, 1.54) is 11.8 Å². The van der Waals surface area contributed by atoms with Crippen molar-refractivity contribution < 1.29 is 4.79 Å². The zero-order valence-corrected chi connectivity index (χ0v) is 19.4. The molecule has 0 radical (unpaired) electrons. The summed E-state index contributed by atoms with van der Waals surface area (Å²) in [7, 11) is 0. The molecule has 0 bridgehead atoms. The molecule has 2 aromatic carbocycles. The van der Waals surface area contributed by atoms with Gasteiger partial charge in [-0.1, -0.05) is 65.3 Å². The second-order valence-electron chi connectivity index (χ2n) is 6.99. The maximum Gasteiger partial charge on any atom is 0.237 e.